The highest BCUT2D eigenvalue weighted by molar-refractivity contribution is 6.31. The molecule has 1 amide bonds. The van der Waals surface area contributed by atoms with Crippen molar-refractivity contribution in [1.82, 2.24) is 19.0 Å². The summed E-state index contributed by atoms with van der Waals surface area (Å²) in [7, 11) is 0. The van der Waals surface area contributed by atoms with E-state index in [9.17, 15) is 18.4 Å². The number of nitrogens with zero attached hydrogens (tertiary/aromatic N) is 4. The third kappa shape index (κ3) is 4.11. The number of alkyl halides is 1. The topological polar surface area (TPSA) is 60.1 Å². The summed E-state index contributed by atoms with van der Waals surface area (Å²) in [6.45, 7) is 0.943. The molecule has 170 valence electrons. The summed E-state index contributed by atoms with van der Waals surface area (Å²) in [6.07, 6.45) is 11.2. The van der Waals surface area contributed by atoms with E-state index in [1.165, 1.54) is 47.1 Å². The first-order valence-electron chi connectivity index (χ1n) is 10.6. The van der Waals surface area contributed by atoms with E-state index in [1.54, 1.807) is 18.2 Å². The van der Waals surface area contributed by atoms with Crippen molar-refractivity contribution in [1.29, 1.82) is 0 Å². The highest BCUT2D eigenvalue weighted by atomic mass is 35.5. The molecule has 0 bridgehead atoms. The SMILES string of the molecule is CC1(F)C=CC=CN(C(=O)Cn2cnc3c(c(-c4ccc(F)c(Cl)c4)cn3C3CC3)c2=O)C1. The fraction of sp³-hybridized carbons (Fsp3) is 0.292. The van der Waals surface area contributed by atoms with Crippen molar-refractivity contribution in [2.75, 3.05) is 6.54 Å². The maximum atomic E-state index is 14.5. The van der Waals surface area contributed by atoms with Crippen molar-refractivity contribution in [3.8, 4) is 11.1 Å². The lowest BCUT2D eigenvalue weighted by Crippen LogP contribution is -2.39. The van der Waals surface area contributed by atoms with Crippen LogP contribution in [0.1, 0.15) is 25.8 Å². The number of halogens is 3. The number of rotatable bonds is 4. The second kappa shape index (κ2) is 7.95. The third-order valence-electron chi connectivity index (χ3n) is 5.90. The summed E-state index contributed by atoms with van der Waals surface area (Å²) in [5.41, 5.74) is -0.403. The molecular formula is C24H21ClF2N4O2. The Morgan fingerprint density at radius 1 is 1.30 bits per heavy atom. The summed E-state index contributed by atoms with van der Waals surface area (Å²) in [5, 5.41) is 0.290. The van der Waals surface area contributed by atoms with Crippen LogP contribution >= 0.6 is 11.6 Å². The van der Waals surface area contributed by atoms with Crippen LogP contribution in [-0.4, -0.2) is 37.1 Å². The lowest BCUT2D eigenvalue weighted by atomic mass is 10.1. The van der Waals surface area contributed by atoms with Gasteiger partial charge in [0.05, 0.1) is 17.0 Å². The molecule has 5 rings (SSSR count). The molecule has 3 heterocycles. The lowest BCUT2D eigenvalue weighted by molar-refractivity contribution is -0.130. The highest BCUT2D eigenvalue weighted by Crippen LogP contribution is 2.40. The second-order valence-corrected chi connectivity index (χ2v) is 9.09. The van der Waals surface area contributed by atoms with Crippen LogP contribution in [0.4, 0.5) is 8.78 Å². The second-order valence-electron chi connectivity index (χ2n) is 8.69. The molecule has 1 fully saturated rings. The standard InChI is InChI=1S/C24H21ClF2N4O2/c1-24(27)8-2-3-9-29(13-24)20(32)12-30-14-28-22-21(23(30)33)17(11-31(22)16-5-6-16)15-4-7-19(26)18(25)10-15/h2-4,7-11,14,16H,5-6,12-13H2,1H3. The van der Waals surface area contributed by atoms with E-state index >= 15 is 0 Å². The van der Waals surface area contributed by atoms with Crippen molar-refractivity contribution >= 4 is 28.5 Å². The number of carbonyl (C=O) groups is 1. The van der Waals surface area contributed by atoms with Gasteiger partial charge in [0.2, 0.25) is 5.91 Å². The minimum absolute atomic E-state index is 0.0463. The summed E-state index contributed by atoms with van der Waals surface area (Å²) < 4.78 is 31.4. The molecule has 6 nitrogen and oxygen atoms in total. The average molecular weight is 471 g/mol. The number of benzene rings is 1. The predicted molar refractivity (Wildman–Crippen MR) is 122 cm³/mol. The third-order valence-corrected chi connectivity index (χ3v) is 6.19. The molecular weight excluding hydrogens is 450 g/mol. The molecule has 1 aliphatic carbocycles. The van der Waals surface area contributed by atoms with Crippen molar-refractivity contribution < 1.29 is 13.6 Å². The van der Waals surface area contributed by atoms with Crippen LogP contribution in [-0.2, 0) is 11.3 Å². The van der Waals surface area contributed by atoms with E-state index in [0.29, 0.717) is 22.2 Å². The molecule has 9 heteroatoms. The maximum absolute atomic E-state index is 14.5. The number of hydrogen-bond acceptors (Lipinski definition) is 3. The summed E-state index contributed by atoms with van der Waals surface area (Å²) in [6, 6.07) is 4.54. The van der Waals surface area contributed by atoms with Crippen molar-refractivity contribution in [2.45, 2.75) is 38.0 Å². The quantitative estimate of drug-likeness (QED) is 0.558. The Kier molecular flexibility index (Phi) is 5.20. The number of hydrogen-bond donors (Lipinski definition) is 0. The number of fused-ring (bicyclic) bond motifs is 1. The zero-order valence-electron chi connectivity index (χ0n) is 17.8. The Morgan fingerprint density at radius 3 is 2.82 bits per heavy atom. The molecule has 1 aromatic carbocycles. The van der Waals surface area contributed by atoms with Gasteiger partial charge in [-0.2, -0.15) is 0 Å². The van der Waals surface area contributed by atoms with Crippen LogP contribution in [0.15, 0.2) is 59.9 Å². The van der Waals surface area contributed by atoms with Gasteiger partial charge in [0.1, 0.15) is 30.0 Å². The summed E-state index contributed by atoms with van der Waals surface area (Å²) in [4.78, 5) is 32.1. The molecule has 0 radical (unpaired) electrons. The smallest absolute Gasteiger partial charge is 0.263 e. The molecule has 1 unspecified atom stereocenters. The number of aromatic nitrogens is 3. The molecule has 0 spiro atoms. The first kappa shape index (κ1) is 21.6. The molecule has 33 heavy (non-hydrogen) atoms. The molecule has 2 aliphatic rings. The van der Waals surface area contributed by atoms with Crippen LogP contribution in [0, 0.1) is 5.82 Å². The Bertz CT molecular complexity index is 1390. The van der Waals surface area contributed by atoms with Gasteiger partial charge in [0.25, 0.3) is 5.56 Å². The van der Waals surface area contributed by atoms with E-state index < -0.39 is 23.0 Å². The monoisotopic (exact) mass is 470 g/mol. The predicted octanol–water partition coefficient (Wildman–Crippen LogP) is 4.63. The fourth-order valence-electron chi connectivity index (χ4n) is 4.06. The summed E-state index contributed by atoms with van der Waals surface area (Å²) >= 11 is 5.99. The van der Waals surface area contributed by atoms with Gasteiger partial charge in [0, 0.05) is 24.0 Å². The van der Waals surface area contributed by atoms with Crippen LogP contribution in [0.3, 0.4) is 0 Å². The van der Waals surface area contributed by atoms with Crippen LogP contribution in [0.2, 0.25) is 5.02 Å². The first-order valence-corrected chi connectivity index (χ1v) is 11.0. The molecule has 1 aliphatic heterocycles. The normalized spacial score (nSPS) is 20.4. The van der Waals surface area contributed by atoms with Crippen LogP contribution in [0.25, 0.3) is 22.2 Å². The molecule has 1 atom stereocenters. The van der Waals surface area contributed by atoms with Crippen molar-refractivity contribution in [3.05, 3.63) is 76.3 Å². The van der Waals surface area contributed by atoms with Crippen molar-refractivity contribution in [2.24, 2.45) is 0 Å². The zero-order chi connectivity index (χ0) is 23.3. The molecule has 0 N–H and O–H groups in total. The van der Waals surface area contributed by atoms with E-state index in [0.717, 1.165) is 12.8 Å². The summed E-state index contributed by atoms with van der Waals surface area (Å²) in [5.74, 6) is -0.984. The van der Waals surface area contributed by atoms with Crippen LogP contribution in [0.5, 0.6) is 0 Å². The van der Waals surface area contributed by atoms with Gasteiger partial charge >= 0.3 is 0 Å². The molecule has 2 aromatic heterocycles. The number of allylic oxidation sites excluding steroid dienone is 2. The van der Waals surface area contributed by atoms with Gasteiger partial charge < -0.3 is 9.47 Å². The van der Waals surface area contributed by atoms with E-state index in [1.807, 2.05) is 10.8 Å². The van der Waals surface area contributed by atoms with Gasteiger partial charge in [0.15, 0.2) is 0 Å². The Morgan fingerprint density at radius 2 is 2.09 bits per heavy atom. The van der Waals surface area contributed by atoms with Crippen molar-refractivity contribution in [3.63, 3.8) is 0 Å². The van der Waals surface area contributed by atoms with Gasteiger partial charge in [-0.05, 0) is 49.6 Å². The zero-order valence-corrected chi connectivity index (χ0v) is 18.6. The average Bonchev–Trinajstić information content (AvgIpc) is 3.56. The molecule has 1 saturated carbocycles. The van der Waals surface area contributed by atoms with Gasteiger partial charge in [-0.15, -0.1) is 0 Å². The Labute approximate surface area is 193 Å². The Balaban J connectivity index is 1.56. The highest BCUT2D eigenvalue weighted by Gasteiger charge is 2.29. The van der Waals surface area contributed by atoms with Gasteiger partial charge in [-0.25, -0.2) is 13.8 Å². The minimum Gasteiger partial charge on any atom is -0.329 e. The Hall–Kier alpha value is -3.26. The van der Waals surface area contributed by atoms with E-state index in [2.05, 4.69) is 4.98 Å². The minimum atomic E-state index is -1.68. The van der Waals surface area contributed by atoms with E-state index in [-0.39, 0.29) is 24.2 Å². The van der Waals surface area contributed by atoms with E-state index in [4.69, 9.17) is 11.6 Å². The number of carbonyl (C=O) groups excluding carboxylic acids is 1. The fourth-order valence-corrected chi connectivity index (χ4v) is 4.24. The lowest BCUT2D eigenvalue weighted by Gasteiger charge is -2.24. The van der Waals surface area contributed by atoms with Crippen LogP contribution < -0.4 is 5.56 Å². The molecule has 0 saturated heterocycles. The van der Waals surface area contributed by atoms with Gasteiger partial charge in [-0.1, -0.05) is 23.7 Å². The number of amides is 1. The molecule has 3 aromatic rings. The largest absolute Gasteiger partial charge is 0.329 e. The van der Waals surface area contributed by atoms with Gasteiger partial charge in [-0.3, -0.25) is 14.2 Å². The maximum Gasteiger partial charge on any atom is 0.263 e. The first-order chi connectivity index (χ1) is 15.7.